The maximum Gasteiger partial charge on any atom is 0.336 e. The highest BCUT2D eigenvalue weighted by atomic mass is 16.6. The van der Waals surface area contributed by atoms with Gasteiger partial charge in [-0.2, -0.15) is 0 Å². The van der Waals surface area contributed by atoms with Gasteiger partial charge in [-0.3, -0.25) is 4.90 Å². The number of esters is 1. The van der Waals surface area contributed by atoms with Crippen LogP contribution in [0.25, 0.3) is 0 Å². The van der Waals surface area contributed by atoms with E-state index in [0.717, 1.165) is 19.0 Å². The molecule has 1 saturated carbocycles. The molecule has 0 aromatic rings. The third kappa shape index (κ3) is 3.18. The molecule has 1 unspecified atom stereocenters. The molecule has 4 nitrogen and oxygen atoms in total. The van der Waals surface area contributed by atoms with Gasteiger partial charge in [-0.15, -0.1) is 0 Å². The standard InChI is InChI=1S/C11H19NO3/c1-14-11(13)10-8-12(6-7-15-10)5-4-9-2-3-9/h9-10H,2-8H2,1H3. The van der Waals surface area contributed by atoms with E-state index in [0.29, 0.717) is 13.2 Å². The lowest BCUT2D eigenvalue weighted by molar-refractivity contribution is -0.159. The van der Waals surface area contributed by atoms with Gasteiger partial charge in [0, 0.05) is 13.1 Å². The Labute approximate surface area is 90.5 Å². The number of ether oxygens (including phenoxy) is 2. The third-order valence-corrected chi connectivity index (χ3v) is 3.17. The smallest absolute Gasteiger partial charge is 0.336 e. The van der Waals surface area contributed by atoms with Gasteiger partial charge in [0.15, 0.2) is 6.10 Å². The van der Waals surface area contributed by atoms with Crippen molar-refractivity contribution in [2.45, 2.75) is 25.4 Å². The molecule has 0 N–H and O–H groups in total. The molecule has 0 spiro atoms. The summed E-state index contributed by atoms with van der Waals surface area (Å²) in [5.74, 6) is 0.704. The fourth-order valence-corrected chi connectivity index (χ4v) is 1.95. The summed E-state index contributed by atoms with van der Waals surface area (Å²) in [7, 11) is 1.41. The molecular formula is C11H19NO3. The first-order valence-electron chi connectivity index (χ1n) is 5.71. The summed E-state index contributed by atoms with van der Waals surface area (Å²) in [6.07, 6.45) is 3.69. The van der Waals surface area contributed by atoms with Crippen LogP contribution in [0.4, 0.5) is 0 Å². The second-order valence-corrected chi connectivity index (χ2v) is 4.42. The van der Waals surface area contributed by atoms with Crippen LogP contribution in [0.15, 0.2) is 0 Å². The van der Waals surface area contributed by atoms with Crippen molar-refractivity contribution >= 4 is 5.97 Å². The molecule has 0 bridgehead atoms. The SMILES string of the molecule is COC(=O)C1CN(CCC2CC2)CCO1. The van der Waals surface area contributed by atoms with Gasteiger partial charge in [0.25, 0.3) is 0 Å². The van der Waals surface area contributed by atoms with Gasteiger partial charge in [0.05, 0.1) is 13.7 Å². The van der Waals surface area contributed by atoms with Crippen LogP contribution >= 0.6 is 0 Å². The number of methoxy groups -OCH3 is 1. The zero-order valence-corrected chi connectivity index (χ0v) is 9.28. The van der Waals surface area contributed by atoms with Gasteiger partial charge < -0.3 is 9.47 Å². The van der Waals surface area contributed by atoms with Gasteiger partial charge >= 0.3 is 5.97 Å². The number of hydrogen-bond donors (Lipinski definition) is 0. The molecule has 1 aliphatic carbocycles. The fourth-order valence-electron chi connectivity index (χ4n) is 1.95. The minimum absolute atomic E-state index is 0.244. The summed E-state index contributed by atoms with van der Waals surface area (Å²) in [6, 6.07) is 0. The van der Waals surface area contributed by atoms with Crippen LogP contribution in [-0.2, 0) is 14.3 Å². The van der Waals surface area contributed by atoms with Crippen molar-refractivity contribution in [2.24, 2.45) is 5.92 Å². The summed E-state index contributed by atoms with van der Waals surface area (Å²) >= 11 is 0. The van der Waals surface area contributed by atoms with Gasteiger partial charge in [-0.25, -0.2) is 4.79 Å². The van der Waals surface area contributed by atoms with E-state index in [1.165, 1.54) is 26.4 Å². The molecule has 2 rings (SSSR count). The Morgan fingerprint density at radius 1 is 1.53 bits per heavy atom. The number of carbonyl (C=O) groups is 1. The molecule has 0 amide bonds. The van der Waals surface area contributed by atoms with Crippen LogP contribution in [-0.4, -0.2) is 50.3 Å². The Hall–Kier alpha value is -0.610. The molecular weight excluding hydrogens is 194 g/mol. The molecule has 1 saturated heterocycles. The minimum Gasteiger partial charge on any atom is -0.467 e. The second-order valence-electron chi connectivity index (χ2n) is 4.42. The van der Waals surface area contributed by atoms with Gasteiger partial charge in [0.1, 0.15) is 0 Å². The highest BCUT2D eigenvalue weighted by molar-refractivity contribution is 5.74. The van der Waals surface area contributed by atoms with E-state index in [2.05, 4.69) is 9.64 Å². The summed E-state index contributed by atoms with van der Waals surface area (Å²) in [5.41, 5.74) is 0. The Morgan fingerprint density at radius 3 is 3.00 bits per heavy atom. The Morgan fingerprint density at radius 2 is 2.33 bits per heavy atom. The molecule has 0 aromatic heterocycles. The maximum atomic E-state index is 11.3. The first-order valence-corrected chi connectivity index (χ1v) is 5.71. The Bertz CT molecular complexity index is 228. The molecule has 2 fully saturated rings. The van der Waals surface area contributed by atoms with Crippen molar-refractivity contribution in [1.82, 2.24) is 4.90 Å². The topological polar surface area (TPSA) is 38.8 Å². The lowest BCUT2D eigenvalue weighted by Gasteiger charge is -2.31. The average molecular weight is 213 g/mol. The number of rotatable bonds is 4. The molecule has 1 aliphatic heterocycles. The molecule has 15 heavy (non-hydrogen) atoms. The highest BCUT2D eigenvalue weighted by Crippen LogP contribution is 2.32. The minimum atomic E-state index is -0.372. The van der Waals surface area contributed by atoms with Crippen molar-refractivity contribution in [3.63, 3.8) is 0 Å². The molecule has 0 radical (unpaired) electrons. The van der Waals surface area contributed by atoms with Gasteiger partial charge in [-0.1, -0.05) is 12.8 Å². The molecule has 1 atom stereocenters. The van der Waals surface area contributed by atoms with Crippen LogP contribution < -0.4 is 0 Å². The van der Waals surface area contributed by atoms with Gasteiger partial charge in [0.2, 0.25) is 0 Å². The summed E-state index contributed by atoms with van der Waals surface area (Å²) in [5, 5.41) is 0. The maximum absolute atomic E-state index is 11.3. The van der Waals surface area contributed by atoms with Crippen molar-refractivity contribution in [3.05, 3.63) is 0 Å². The van der Waals surface area contributed by atoms with Crippen molar-refractivity contribution in [3.8, 4) is 0 Å². The van der Waals surface area contributed by atoms with Crippen LogP contribution in [0.2, 0.25) is 0 Å². The van der Waals surface area contributed by atoms with Crippen LogP contribution in [0.3, 0.4) is 0 Å². The zero-order chi connectivity index (χ0) is 10.7. The van der Waals surface area contributed by atoms with E-state index < -0.39 is 0 Å². The van der Waals surface area contributed by atoms with E-state index in [1.54, 1.807) is 0 Å². The van der Waals surface area contributed by atoms with Gasteiger partial charge in [-0.05, 0) is 18.9 Å². The largest absolute Gasteiger partial charge is 0.467 e. The molecule has 4 heteroatoms. The number of morpholine rings is 1. The van der Waals surface area contributed by atoms with E-state index in [1.807, 2.05) is 0 Å². The monoisotopic (exact) mass is 213 g/mol. The van der Waals surface area contributed by atoms with E-state index in [9.17, 15) is 4.79 Å². The second kappa shape index (κ2) is 4.94. The predicted molar refractivity (Wildman–Crippen MR) is 55.5 cm³/mol. The highest BCUT2D eigenvalue weighted by Gasteiger charge is 2.28. The zero-order valence-electron chi connectivity index (χ0n) is 9.28. The average Bonchev–Trinajstić information content (AvgIpc) is 3.09. The Balaban J connectivity index is 1.72. The first kappa shape index (κ1) is 10.9. The van der Waals surface area contributed by atoms with Crippen molar-refractivity contribution in [2.75, 3.05) is 33.4 Å². The normalized spacial score (nSPS) is 27.7. The number of nitrogens with zero attached hydrogens (tertiary/aromatic N) is 1. The van der Waals surface area contributed by atoms with Crippen LogP contribution in [0, 0.1) is 5.92 Å². The molecule has 1 heterocycles. The molecule has 2 aliphatic rings. The van der Waals surface area contributed by atoms with Crippen LogP contribution in [0.1, 0.15) is 19.3 Å². The third-order valence-electron chi connectivity index (χ3n) is 3.17. The van der Waals surface area contributed by atoms with E-state index in [4.69, 9.17) is 4.74 Å². The number of carbonyl (C=O) groups excluding carboxylic acids is 1. The van der Waals surface area contributed by atoms with Crippen molar-refractivity contribution < 1.29 is 14.3 Å². The Kier molecular flexibility index (Phi) is 3.59. The lowest BCUT2D eigenvalue weighted by atomic mass is 10.2. The lowest BCUT2D eigenvalue weighted by Crippen LogP contribution is -2.46. The fraction of sp³-hybridized carbons (Fsp3) is 0.909. The predicted octanol–water partition coefficient (Wildman–Crippen LogP) is 0.660. The quantitative estimate of drug-likeness (QED) is 0.643. The number of hydrogen-bond acceptors (Lipinski definition) is 4. The molecule has 86 valence electrons. The first-order chi connectivity index (χ1) is 7.29. The summed E-state index contributed by atoms with van der Waals surface area (Å²) < 4.78 is 10.1. The van der Waals surface area contributed by atoms with Crippen LogP contribution in [0.5, 0.6) is 0 Å². The van der Waals surface area contributed by atoms with E-state index in [-0.39, 0.29) is 12.1 Å². The van der Waals surface area contributed by atoms with Crippen molar-refractivity contribution in [1.29, 1.82) is 0 Å². The van der Waals surface area contributed by atoms with E-state index >= 15 is 0 Å². The summed E-state index contributed by atoms with van der Waals surface area (Å²) in [6.45, 7) is 3.38. The summed E-state index contributed by atoms with van der Waals surface area (Å²) in [4.78, 5) is 13.6. The molecule has 0 aromatic carbocycles.